The number of nitro groups is 1. The van der Waals surface area contributed by atoms with Crippen molar-refractivity contribution < 1.29 is 10.0 Å². The lowest BCUT2D eigenvalue weighted by molar-refractivity contribution is -0.384. The Kier molecular flexibility index (Phi) is 4.36. The Hall–Kier alpha value is -1.92. The lowest BCUT2D eigenvalue weighted by Gasteiger charge is -2.00. The number of non-ortho nitro benzene ring substituents is 1. The molecule has 20 heavy (non-hydrogen) atoms. The van der Waals surface area contributed by atoms with Crippen molar-refractivity contribution >= 4 is 45.1 Å². The predicted molar refractivity (Wildman–Crippen MR) is 81.2 cm³/mol. The van der Waals surface area contributed by atoms with Crippen molar-refractivity contribution in [3.8, 4) is 5.75 Å². The van der Waals surface area contributed by atoms with Crippen molar-refractivity contribution in [3.05, 3.63) is 61.6 Å². The van der Waals surface area contributed by atoms with Crippen LogP contribution in [0.15, 0.2) is 45.9 Å². The van der Waals surface area contributed by atoms with Gasteiger partial charge in [-0.1, -0.05) is 27.5 Å². The van der Waals surface area contributed by atoms with Crippen molar-refractivity contribution in [2.75, 3.05) is 0 Å². The molecule has 2 aromatic rings. The molecule has 0 spiro atoms. The molecule has 1 N–H and O–H groups in total. The number of benzene rings is 2. The van der Waals surface area contributed by atoms with E-state index >= 15 is 0 Å². The van der Waals surface area contributed by atoms with Gasteiger partial charge in [0.05, 0.1) is 15.6 Å². The second-order valence-electron chi connectivity index (χ2n) is 3.85. The van der Waals surface area contributed by atoms with E-state index < -0.39 is 4.92 Å². The first kappa shape index (κ1) is 14.5. The molecule has 0 amide bonds. The highest BCUT2D eigenvalue weighted by Crippen LogP contribution is 2.29. The van der Waals surface area contributed by atoms with Gasteiger partial charge in [0.1, 0.15) is 5.75 Å². The second kappa shape index (κ2) is 6.02. The van der Waals surface area contributed by atoms with Gasteiger partial charge >= 0.3 is 0 Å². The number of halogens is 2. The molecule has 5 nitrogen and oxygen atoms in total. The zero-order valence-corrected chi connectivity index (χ0v) is 12.3. The van der Waals surface area contributed by atoms with Crippen LogP contribution in [0.1, 0.15) is 5.56 Å². The molecule has 0 aliphatic rings. The fraction of sp³-hybridized carbons (Fsp3) is 0. The number of hydrogen-bond acceptors (Lipinski definition) is 4. The van der Waals surface area contributed by atoms with Crippen LogP contribution in [0.2, 0.25) is 5.02 Å². The molecule has 2 rings (SSSR count). The Morgan fingerprint density at radius 3 is 2.70 bits per heavy atom. The quantitative estimate of drug-likeness (QED) is 0.501. The monoisotopic (exact) mass is 354 g/mol. The van der Waals surface area contributed by atoms with Crippen LogP contribution in [-0.4, -0.2) is 16.2 Å². The zero-order chi connectivity index (χ0) is 14.7. The summed E-state index contributed by atoms with van der Waals surface area (Å²) in [6.45, 7) is 0. The van der Waals surface area contributed by atoms with E-state index in [9.17, 15) is 15.2 Å². The first-order valence-corrected chi connectivity index (χ1v) is 6.61. The standard InChI is InChI=1S/C13H8BrClN2O3/c14-9-1-3-12(11(15)6-9)16-7-8-5-10(17(19)20)2-4-13(8)18/h1-7,18H. The number of nitrogens with zero attached hydrogens (tertiary/aromatic N) is 2. The second-order valence-corrected chi connectivity index (χ2v) is 5.18. The van der Waals surface area contributed by atoms with E-state index in [1.165, 1.54) is 24.4 Å². The highest BCUT2D eigenvalue weighted by atomic mass is 79.9. The number of rotatable bonds is 3. The highest BCUT2D eigenvalue weighted by Gasteiger charge is 2.09. The summed E-state index contributed by atoms with van der Waals surface area (Å²) in [6, 6.07) is 8.86. The summed E-state index contributed by atoms with van der Waals surface area (Å²) in [5.41, 5.74) is 0.630. The van der Waals surface area contributed by atoms with Crippen molar-refractivity contribution in [2.24, 2.45) is 4.99 Å². The highest BCUT2D eigenvalue weighted by molar-refractivity contribution is 9.10. The van der Waals surface area contributed by atoms with Crippen LogP contribution in [-0.2, 0) is 0 Å². The minimum atomic E-state index is -0.538. The van der Waals surface area contributed by atoms with Gasteiger partial charge in [-0.05, 0) is 24.3 Å². The molecule has 2 aromatic carbocycles. The van der Waals surface area contributed by atoms with Gasteiger partial charge in [-0.25, -0.2) is 0 Å². The van der Waals surface area contributed by atoms with E-state index in [4.69, 9.17) is 11.6 Å². The summed E-state index contributed by atoms with van der Waals surface area (Å²) in [6.07, 6.45) is 1.33. The normalized spacial score (nSPS) is 10.9. The minimum absolute atomic E-state index is 0.0902. The molecule has 0 saturated carbocycles. The summed E-state index contributed by atoms with van der Waals surface area (Å²) in [5.74, 6) is -0.0902. The molecule has 0 heterocycles. The third kappa shape index (κ3) is 3.34. The van der Waals surface area contributed by atoms with Crippen LogP contribution < -0.4 is 0 Å². The zero-order valence-electron chi connectivity index (χ0n) is 9.96. The Morgan fingerprint density at radius 2 is 2.05 bits per heavy atom. The van der Waals surface area contributed by atoms with E-state index in [0.29, 0.717) is 10.7 Å². The van der Waals surface area contributed by atoms with Gasteiger partial charge in [0.2, 0.25) is 0 Å². The Balaban J connectivity index is 2.35. The van der Waals surface area contributed by atoms with Crippen molar-refractivity contribution in [2.45, 2.75) is 0 Å². The summed E-state index contributed by atoms with van der Waals surface area (Å²) >= 11 is 9.28. The molecule has 0 atom stereocenters. The van der Waals surface area contributed by atoms with E-state index in [-0.39, 0.29) is 17.0 Å². The molecular formula is C13H8BrClN2O3. The fourth-order valence-electron chi connectivity index (χ4n) is 1.48. The van der Waals surface area contributed by atoms with Crippen LogP contribution in [0.4, 0.5) is 11.4 Å². The number of phenols is 1. The molecule has 0 aliphatic heterocycles. The molecule has 0 aliphatic carbocycles. The van der Waals surface area contributed by atoms with Gasteiger partial charge in [0.25, 0.3) is 5.69 Å². The summed E-state index contributed by atoms with van der Waals surface area (Å²) in [4.78, 5) is 14.3. The van der Waals surface area contributed by atoms with E-state index in [1.54, 1.807) is 18.2 Å². The minimum Gasteiger partial charge on any atom is -0.507 e. The average Bonchev–Trinajstić information content (AvgIpc) is 2.39. The lowest BCUT2D eigenvalue weighted by Crippen LogP contribution is -1.90. The molecular weight excluding hydrogens is 348 g/mol. The van der Waals surface area contributed by atoms with Crippen LogP contribution in [0.5, 0.6) is 5.75 Å². The maximum atomic E-state index is 10.7. The maximum absolute atomic E-state index is 10.7. The number of phenolic OH excluding ortho intramolecular Hbond substituents is 1. The molecule has 0 aromatic heterocycles. The molecule has 102 valence electrons. The van der Waals surface area contributed by atoms with Crippen LogP contribution in [0, 0.1) is 10.1 Å². The predicted octanol–water partition coefficient (Wildman–Crippen LogP) is 4.47. The van der Waals surface area contributed by atoms with Crippen LogP contribution >= 0.6 is 27.5 Å². The molecule has 0 radical (unpaired) electrons. The summed E-state index contributed by atoms with van der Waals surface area (Å²) in [7, 11) is 0. The topological polar surface area (TPSA) is 75.7 Å². The van der Waals surface area contributed by atoms with Crippen molar-refractivity contribution in [3.63, 3.8) is 0 Å². The number of hydrogen-bond donors (Lipinski definition) is 1. The average molecular weight is 356 g/mol. The largest absolute Gasteiger partial charge is 0.507 e. The summed E-state index contributed by atoms with van der Waals surface area (Å²) < 4.78 is 0.819. The fourth-order valence-corrected chi connectivity index (χ4v) is 2.21. The molecule has 7 heteroatoms. The van der Waals surface area contributed by atoms with E-state index in [0.717, 1.165) is 4.47 Å². The van der Waals surface area contributed by atoms with Crippen molar-refractivity contribution in [1.29, 1.82) is 0 Å². The number of nitro benzene ring substituents is 1. The first-order chi connectivity index (χ1) is 9.47. The molecule has 0 saturated heterocycles. The Labute approximate surface area is 127 Å². The summed E-state index contributed by atoms with van der Waals surface area (Å²) in [5, 5.41) is 20.8. The smallest absolute Gasteiger partial charge is 0.270 e. The third-order valence-corrected chi connectivity index (χ3v) is 3.27. The van der Waals surface area contributed by atoms with E-state index in [1.807, 2.05) is 0 Å². The van der Waals surface area contributed by atoms with Crippen molar-refractivity contribution in [1.82, 2.24) is 0 Å². The van der Waals surface area contributed by atoms with Gasteiger partial charge in [-0.2, -0.15) is 0 Å². The van der Waals surface area contributed by atoms with E-state index in [2.05, 4.69) is 20.9 Å². The lowest BCUT2D eigenvalue weighted by atomic mass is 10.2. The third-order valence-electron chi connectivity index (χ3n) is 2.47. The first-order valence-electron chi connectivity index (χ1n) is 5.44. The van der Waals surface area contributed by atoms with Crippen LogP contribution in [0.3, 0.4) is 0 Å². The van der Waals surface area contributed by atoms with Crippen LogP contribution in [0.25, 0.3) is 0 Å². The Bertz CT molecular complexity index is 704. The molecule has 0 unspecified atom stereocenters. The SMILES string of the molecule is O=[N+]([O-])c1ccc(O)c(C=Nc2ccc(Br)cc2Cl)c1. The van der Waals surface area contributed by atoms with Gasteiger partial charge in [-0.3, -0.25) is 15.1 Å². The van der Waals surface area contributed by atoms with Gasteiger partial charge in [-0.15, -0.1) is 0 Å². The maximum Gasteiger partial charge on any atom is 0.270 e. The number of aromatic hydroxyl groups is 1. The van der Waals surface area contributed by atoms with Gasteiger partial charge in [0.15, 0.2) is 0 Å². The Morgan fingerprint density at radius 1 is 1.30 bits per heavy atom. The number of aliphatic imine (C=N–C) groups is 1. The molecule has 0 fully saturated rings. The molecule has 0 bridgehead atoms. The van der Waals surface area contributed by atoms with Gasteiger partial charge < -0.3 is 5.11 Å². The van der Waals surface area contributed by atoms with Gasteiger partial charge in [0, 0.05) is 28.4 Å².